The first kappa shape index (κ1) is 16.5. The number of pyridine rings is 1. The van der Waals surface area contributed by atoms with Crippen molar-refractivity contribution in [1.82, 2.24) is 29.5 Å². The van der Waals surface area contributed by atoms with E-state index in [2.05, 4.69) is 15.0 Å². The minimum atomic E-state index is -0.367. The minimum absolute atomic E-state index is 0.142. The van der Waals surface area contributed by atoms with Gasteiger partial charge in [-0.25, -0.2) is 14.5 Å². The SMILES string of the molecule is Cc1cccc2cc([C@H]3c4nc[nH]c4CCN3C(=O)c3ocnc3C3CC3)nn12. The number of amides is 1. The van der Waals surface area contributed by atoms with Gasteiger partial charge >= 0.3 is 0 Å². The van der Waals surface area contributed by atoms with Crippen molar-refractivity contribution in [2.24, 2.45) is 0 Å². The van der Waals surface area contributed by atoms with Crippen LogP contribution >= 0.6 is 0 Å². The van der Waals surface area contributed by atoms with Crippen molar-refractivity contribution in [2.45, 2.75) is 38.1 Å². The van der Waals surface area contributed by atoms with Gasteiger partial charge in [0.2, 0.25) is 5.76 Å². The zero-order chi connectivity index (χ0) is 19.5. The molecule has 4 aromatic rings. The van der Waals surface area contributed by atoms with Crippen LogP contribution in [0, 0.1) is 6.92 Å². The zero-order valence-corrected chi connectivity index (χ0v) is 16.0. The van der Waals surface area contributed by atoms with Gasteiger partial charge in [-0.2, -0.15) is 5.10 Å². The third-order valence-electron chi connectivity index (χ3n) is 5.91. The fourth-order valence-electron chi connectivity index (χ4n) is 4.29. The van der Waals surface area contributed by atoms with Gasteiger partial charge in [-0.05, 0) is 38.0 Å². The van der Waals surface area contributed by atoms with E-state index in [0.29, 0.717) is 18.2 Å². The summed E-state index contributed by atoms with van der Waals surface area (Å²) in [7, 11) is 0. The lowest BCUT2D eigenvalue weighted by Gasteiger charge is -2.33. The molecule has 6 rings (SSSR count). The molecular formula is C21H20N6O2. The topological polar surface area (TPSA) is 92.3 Å². The second kappa shape index (κ2) is 6.04. The van der Waals surface area contributed by atoms with E-state index >= 15 is 0 Å². The summed E-state index contributed by atoms with van der Waals surface area (Å²) in [5.74, 6) is 0.558. The van der Waals surface area contributed by atoms with Crippen LogP contribution in [0.25, 0.3) is 5.52 Å². The molecule has 0 unspecified atom stereocenters. The molecule has 5 heterocycles. The Balaban J connectivity index is 1.47. The van der Waals surface area contributed by atoms with Crippen molar-refractivity contribution in [3.8, 4) is 0 Å². The van der Waals surface area contributed by atoms with Gasteiger partial charge in [0.25, 0.3) is 5.91 Å². The number of imidazole rings is 1. The summed E-state index contributed by atoms with van der Waals surface area (Å²) in [5.41, 5.74) is 5.51. The Bertz CT molecular complexity index is 1230. The van der Waals surface area contributed by atoms with E-state index in [0.717, 1.165) is 53.2 Å². The molecule has 8 nitrogen and oxygen atoms in total. The average Bonchev–Trinajstić information content (AvgIpc) is 3.13. The van der Waals surface area contributed by atoms with Gasteiger partial charge < -0.3 is 14.3 Å². The summed E-state index contributed by atoms with van der Waals surface area (Å²) in [5, 5.41) is 4.82. The normalized spacial score (nSPS) is 18.9. The molecule has 0 saturated heterocycles. The number of carbonyl (C=O) groups is 1. The van der Waals surface area contributed by atoms with Crippen molar-refractivity contribution in [3.63, 3.8) is 0 Å². The Morgan fingerprint density at radius 2 is 2.14 bits per heavy atom. The number of aromatic nitrogens is 5. The van der Waals surface area contributed by atoms with E-state index in [1.54, 1.807) is 6.33 Å². The summed E-state index contributed by atoms with van der Waals surface area (Å²) < 4.78 is 7.46. The van der Waals surface area contributed by atoms with Crippen LogP contribution in [0.4, 0.5) is 0 Å². The lowest BCUT2D eigenvalue weighted by Crippen LogP contribution is -2.41. The molecule has 1 N–H and O–H groups in total. The number of hydrogen-bond donors (Lipinski definition) is 1. The van der Waals surface area contributed by atoms with Gasteiger partial charge in [-0.15, -0.1) is 0 Å². The number of nitrogens with one attached hydrogen (secondary N) is 1. The van der Waals surface area contributed by atoms with E-state index < -0.39 is 0 Å². The maximum Gasteiger partial charge on any atom is 0.292 e. The highest BCUT2D eigenvalue weighted by atomic mass is 16.3. The molecule has 2 aliphatic rings. The molecule has 1 amide bonds. The number of aryl methyl sites for hydroxylation is 1. The number of oxazole rings is 1. The molecule has 1 atom stereocenters. The van der Waals surface area contributed by atoms with Crippen LogP contribution in [0.2, 0.25) is 0 Å². The van der Waals surface area contributed by atoms with Gasteiger partial charge in [0.1, 0.15) is 6.04 Å². The molecule has 0 radical (unpaired) electrons. The van der Waals surface area contributed by atoms with Crippen LogP contribution in [0.15, 0.2) is 41.4 Å². The summed E-state index contributed by atoms with van der Waals surface area (Å²) >= 11 is 0. The quantitative estimate of drug-likeness (QED) is 0.582. The number of hydrogen-bond acceptors (Lipinski definition) is 5. The average molecular weight is 388 g/mol. The Hall–Kier alpha value is -3.42. The molecule has 0 bridgehead atoms. The molecule has 0 spiro atoms. The number of H-pyrrole nitrogens is 1. The van der Waals surface area contributed by atoms with Crippen LogP contribution in [-0.2, 0) is 6.42 Å². The van der Waals surface area contributed by atoms with Gasteiger partial charge in [0, 0.05) is 30.3 Å². The van der Waals surface area contributed by atoms with Crippen LogP contribution in [0.5, 0.6) is 0 Å². The Morgan fingerprint density at radius 3 is 2.97 bits per heavy atom. The van der Waals surface area contributed by atoms with Crippen LogP contribution in [-0.4, -0.2) is 41.9 Å². The smallest absolute Gasteiger partial charge is 0.292 e. The van der Waals surface area contributed by atoms with Crippen LogP contribution in [0.3, 0.4) is 0 Å². The van der Waals surface area contributed by atoms with Crippen molar-refractivity contribution in [1.29, 1.82) is 0 Å². The zero-order valence-electron chi connectivity index (χ0n) is 16.0. The largest absolute Gasteiger partial charge is 0.438 e. The molecule has 146 valence electrons. The van der Waals surface area contributed by atoms with Gasteiger partial charge in [0.15, 0.2) is 6.39 Å². The number of carbonyl (C=O) groups excluding carboxylic acids is 1. The number of fused-ring (bicyclic) bond motifs is 2. The highest BCUT2D eigenvalue weighted by Gasteiger charge is 2.40. The number of rotatable bonds is 3. The molecule has 1 aliphatic carbocycles. The number of aromatic amines is 1. The first-order chi connectivity index (χ1) is 14.2. The highest BCUT2D eigenvalue weighted by Crippen LogP contribution is 2.42. The van der Waals surface area contributed by atoms with Crippen LogP contribution in [0.1, 0.15) is 63.8 Å². The highest BCUT2D eigenvalue weighted by molar-refractivity contribution is 5.93. The maximum atomic E-state index is 13.5. The third-order valence-corrected chi connectivity index (χ3v) is 5.91. The second-order valence-corrected chi connectivity index (χ2v) is 7.83. The monoisotopic (exact) mass is 388 g/mol. The minimum Gasteiger partial charge on any atom is -0.438 e. The molecule has 4 aromatic heterocycles. The van der Waals surface area contributed by atoms with E-state index in [4.69, 9.17) is 9.52 Å². The molecule has 8 heteroatoms. The molecular weight excluding hydrogens is 368 g/mol. The lowest BCUT2D eigenvalue weighted by atomic mass is 9.99. The second-order valence-electron chi connectivity index (χ2n) is 7.83. The molecule has 29 heavy (non-hydrogen) atoms. The molecule has 0 aromatic carbocycles. The molecule has 1 aliphatic heterocycles. The Kier molecular flexibility index (Phi) is 3.44. The number of nitrogens with zero attached hydrogens (tertiary/aromatic N) is 5. The van der Waals surface area contributed by atoms with E-state index in [1.807, 2.05) is 40.6 Å². The first-order valence-electron chi connectivity index (χ1n) is 9.92. The van der Waals surface area contributed by atoms with E-state index in [1.165, 1.54) is 6.39 Å². The predicted molar refractivity (Wildman–Crippen MR) is 104 cm³/mol. The summed E-state index contributed by atoms with van der Waals surface area (Å²) in [6, 6.07) is 7.71. The van der Waals surface area contributed by atoms with Gasteiger partial charge in [-0.3, -0.25) is 4.79 Å². The van der Waals surface area contributed by atoms with Crippen molar-refractivity contribution < 1.29 is 9.21 Å². The molecule has 1 fully saturated rings. The summed E-state index contributed by atoms with van der Waals surface area (Å²) in [6.07, 6.45) is 5.92. The maximum absolute atomic E-state index is 13.5. The van der Waals surface area contributed by atoms with E-state index in [9.17, 15) is 4.79 Å². The Morgan fingerprint density at radius 1 is 1.24 bits per heavy atom. The van der Waals surface area contributed by atoms with Crippen molar-refractivity contribution in [3.05, 3.63) is 71.2 Å². The molecule has 1 saturated carbocycles. The fraction of sp³-hybridized carbons (Fsp3) is 0.333. The summed E-state index contributed by atoms with van der Waals surface area (Å²) in [4.78, 5) is 27.4. The van der Waals surface area contributed by atoms with Crippen molar-refractivity contribution >= 4 is 11.4 Å². The standard InChI is InChI=1S/C21H20N6O2/c1-12-3-2-4-14-9-16(25-27(12)14)19-18-15(22-10-23-18)7-8-26(19)21(28)20-17(13-5-6-13)24-11-29-20/h2-4,9-11,13,19H,5-8H2,1H3,(H,22,23)/t19-/m0/s1. The summed E-state index contributed by atoms with van der Waals surface area (Å²) in [6.45, 7) is 2.58. The lowest BCUT2D eigenvalue weighted by molar-refractivity contribution is 0.0652. The fourth-order valence-corrected chi connectivity index (χ4v) is 4.29. The van der Waals surface area contributed by atoms with E-state index in [-0.39, 0.29) is 11.9 Å². The Labute approximate surface area is 166 Å². The van der Waals surface area contributed by atoms with Crippen LogP contribution < -0.4 is 0 Å². The predicted octanol–water partition coefficient (Wildman–Crippen LogP) is 3.02. The van der Waals surface area contributed by atoms with Gasteiger partial charge in [-0.1, -0.05) is 6.07 Å². The van der Waals surface area contributed by atoms with Gasteiger partial charge in [0.05, 0.1) is 28.9 Å². The third kappa shape index (κ3) is 2.52. The first-order valence-corrected chi connectivity index (χ1v) is 9.92. The van der Waals surface area contributed by atoms with Crippen molar-refractivity contribution in [2.75, 3.05) is 6.54 Å².